The number of carbonyl (C=O) groups is 1. The summed E-state index contributed by atoms with van der Waals surface area (Å²) in [6.45, 7) is 2.28. The molecule has 0 radical (unpaired) electrons. The van der Waals surface area contributed by atoms with Gasteiger partial charge >= 0.3 is 0 Å². The first-order valence-electron chi connectivity index (χ1n) is 7.90. The summed E-state index contributed by atoms with van der Waals surface area (Å²) in [4.78, 5) is 20.5. The SMILES string of the molecule is Cc1c(Cl)cccc1NC(=O)c1cc(NCc2ccc(F)cc2)ncn1. The van der Waals surface area contributed by atoms with Crippen LogP contribution in [0.25, 0.3) is 0 Å². The minimum atomic E-state index is -0.359. The number of amides is 1. The summed E-state index contributed by atoms with van der Waals surface area (Å²) in [5.41, 5.74) is 2.53. The molecule has 0 aliphatic heterocycles. The minimum Gasteiger partial charge on any atom is -0.366 e. The molecule has 0 saturated heterocycles. The molecule has 0 atom stereocenters. The Morgan fingerprint density at radius 1 is 1.15 bits per heavy atom. The number of anilines is 2. The molecule has 3 aromatic rings. The topological polar surface area (TPSA) is 66.9 Å². The summed E-state index contributed by atoms with van der Waals surface area (Å²) in [5, 5.41) is 6.45. The Kier molecular flexibility index (Phi) is 5.43. The number of carbonyl (C=O) groups excluding carboxylic acids is 1. The van der Waals surface area contributed by atoms with Crippen LogP contribution in [0.1, 0.15) is 21.6 Å². The van der Waals surface area contributed by atoms with E-state index in [-0.39, 0.29) is 17.4 Å². The van der Waals surface area contributed by atoms with E-state index in [9.17, 15) is 9.18 Å². The van der Waals surface area contributed by atoms with Gasteiger partial charge in [0.15, 0.2) is 0 Å². The highest BCUT2D eigenvalue weighted by Crippen LogP contribution is 2.23. The van der Waals surface area contributed by atoms with Crippen molar-refractivity contribution in [1.29, 1.82) is 0 Å². The largest absolute Gasteiger partial charge is 0.366 e. The van der Waals surface area contributed by atoms with E-state index in [1.54, 1.807) is 36.4 Å². The number of hydrogen-bond acceptors (Lipinski definition) is 4. The predicted molar refractivity (Wildman–Crippen MR) is 99.9 cm³/mol. The van der Waals surface area contributed by atoms with Crippen molar-refractivity contribution in [3.63, 3.8) is 0 Å². The lowest BCUT2D eigenvalue weighted by molar-refractivity contribution is 0.102. The van der Waals surface area contributed by atoms with Gasteiger partial charge < -0.3 is 10.6 Å². The van der Waals surface area contributed by atoms with E-state index < -0.39 is 0 Å². The fraction of sp³-hybridized carbons (Fsp3) is 0.105. The maximum absolute atomic E-state index is 12.9. The Balaban J connectivity index is 1.69. The molecular formula is C19H16ClFN4O. The lowest BCUT2D eigenvalue weighted by Crippen LogP contribution is -2.15. The van der Waals surface area contributed by atoms with Crippen molar-refractivity contribution in [1.82, 2.24) is 9.97 Å². The number of nitrogens with zero attached hydrogens (tertiary/aromatic N) is 2. The number of hydrogen-bond donors (Lipinski definition) is 2. The molecule has 26 heavy (non-hydrogen) atoms. The quantitative estimate of drug-likeness (QED) is 0.696. The van der Waals surface area contributed by atoms with Gasteiger partial charge in [-0.1, -0.05) is 29.8 Å². The first-order valence-corrected chi connectivity index (χ1v) is 8.27. The summed E-state index contributed by atoms with van der Waals surface area (Å²) >= 11 is 6.07. The van der Waals surface area contributed by atoms with Crippen LogP contribution in [-0.4, -0.2) is 15.9 Å². The lowest BCUT2D eigenvalue weighted by Gasteiger charge is -2.10. The maximum atomic E-state index is 12.9. The maximum Gasteiger partial charge on any atom is 0.274 e. The van der Waals surface area contributed by atoms with Crippen LogP contribution in [0, 0.1) is 12.7 Å². The summed E-state index contributed by atoms with van der Waals surface area (Å²) in [6, 6.07) is 13.0. The van der Waals surface area contributed by atoms with Crippen molar-refractivity contribution in [3.8, 4) is 0 Å². The molecule has 5 nitrogen and oxygen atoms in total. The zero-order valence-electron chi connectivity index (χ0n) is 14.0. The van der Waals surface area contributed by atoms with Crippen molar-refractivity contribution in [2.75, 3.05) is 10.6 Å². The van der Waals surface area contributed by atoms with Gasteiger partial charge in [0.25, 0.3) is 5.91 Å². The Morgan fingerprint density at radius 3 is 2.69 bits per heavy atom. The van der Waals surface area contributed by atoms with Crippen LogP contribution in [0.15, 0.2) is 54.9 Å². The molecule has 0 bridgehead atoms. The summed E-state index contributed by atoms with van der Waals surface area (Å²) in [6.07, 6.45) is 1.31. The predicted octanol–water partition coefficient (Wildman–Crippen LogP) is 4.44. The van der Waals surface area contributed by atoms with Crippen LogP contribution in [0.3, 0.4) is 0 Å². The van der Waals surface area contributed by atoms with E-state index in [0.29, 0.717) is 23.1 Å². The molecule has 1 aromatic heterocycles. The number of rotatable bonds is 5. The van der Waals surface area contributed by atoms with Crippen molar-refractivity contribution in [3.05, 3.63) is 82.5 Å². The van der Waals surface area contributed by atoms with Crippen molar-refractivity contribution in [2.24, 2.45) is 0 Å². The fourth-order valence-corrected chi connectivity index (χ4v) is 2.48. The van der Waals surface area contributed by atoms with Gasteiger partial charge in [-0.2, -0.15) is 0 Å². The van der Waals surface area contributed by atoms with Crippen LogP contribution in [0.4, 0.5) is 15.9 Å². The number of halogens is 2. The molecular weight excluding hydrogens is 355 g/mol. The van der Waals surface area contributed by atoms with Gasteiger partial charge in [-0.3, -0.25) is 4.79 Å². The molecule has 7 heteroatoms. The Bertz CT molecular complexity index is 931. The minimum absolute atomic E-state index is 0.223. The number of aromatic nitrogens is 2. The molecule has 1 amide bonds. The van der Waals surface area contributed by atoms with Gasteiger partial charge in [-0.25, -0.2) is 14.4 Å². The Hall–Kier alpha value is -2.99. The van der Waals surface area contributed by atoms with Gasteiger partial charge in [0.2, 0.25) is 0 Å². The van der Waals surface area contributed by atoms with E-state index in [2.05, 4.69) is 20.6 Å². The summed E-state index contributed by atoms with van der Waals surface area (Å²) in [5.74, 6) is -0.147. The van der Waals surface area contributed by atoms with Crippen LogP contribution in [0.5, 0.6) is 0 Å². The Labute approximate surface area is 155 Å². The van der Waals surface area contributed by atoms with Gasteiger partial charge in [0.05, 0.1) is 0 Å². The van der Waals surface area contributed by atoms with Crippen LogP contribution >= 0.6 is 11.6 Å². The highest BCUT2D eigenvalue weighted by molar-refractivity contribution is 6.31. The second kappa shape index (κ2) is 7.93. The third kappa shape index (κ3) is 4.34. The van der Waals surface area contributed by atoms with Gasteiger partial charge in [0.1, 0.15) is 23.7 Å². The number of benzene rings is 2. The number of nitrogens with one attached hydrogen (secondary N) is 2. The smallest absolute Gasteiger partial charge is 0.274 e. The average Bonchev–Trinajstić information content (AvgIpc) is 2.65. The molecule has 1 heterocycles. The molecule has 0 fully saturated rings. The van der Waals surface area contributed by atoms with Crippen molar-refractivity contribution < 1.29 is 9.18 Å². The van der Waals surface area contributed by atoms with Crippen LogP contribution in [-0.2, 0) is 6.54 Å². The molecule has 132 valence electrons. The van der Waals surface area contributed by atoms with E-state index >= 15 is 0 Å². The van der Waals surface area contributed by atoms with E-state index in [1.165, 1.54) is 18.5 Å². The van der Waals surface area contributed by atoms with Gasteiger partial charge in [-0.15, -0.1) is 0 Å². The third-order valence-electron chi connectivity index (χ3n) is 3.80. The molecule has 0 saturated carbocycles. The zero-order chi connectivity index (χ0) is 18.5. The molecule has 0 spiro atoms. The van der Waals surface area contributed by atoms with E-state index in [0.717, 1.165) is 11.1 Å². The summed E-state index contributed by atoms with van der Waals surface area (Å²) < 4.78 is 12.9. The highest BCUT2D eigenvalue weighted by atomic mass is 35.5. The van der Waals surface area contributed by atoms with Crippen LogP contribution in [0.2, 0.25) is 5.02 Å². The third-order valence-corrected chi connectivity index (χ3v) is 4.21. The normalized spacial score (nSPS) is 10.4. The summed E-state index contributed by atoms with van der Waals surface area (Å²) in [7, 11) is 0. The molecule has 3 rings (SSSR count). The highest BCUT2D eigenvalue weighted by Gasteiger charge is 2.11. The first kappa shape index (κ1) is 17.8. The van der Waals surface area contributed by atoms with Gasteiger partial charge in [0, 0.05) is 23.3 Å². The lowest BCUT2D eigenvalue weighted by atomic mass is 10.2. The first-order chi connectivity index (χ1) is 12.5. The molecule has 2 N–H and O–H groups in total. The standard InChI is InChI=1S/C19H16ClFN4O/c1-12-15(20)3-2-4-16(12)25-19(26)17-9-18(24-11-23-17)22-10-13-5-7-14(21)8-6-13/h2-9,11H,10H2,1H3,(H,25,26)(H,22,23,24). The molecule has 0 unspecified atom stereocenters. The van der Waals surface area contributed by atoms with Crippen molar-refractivity contribution >= 4 is 29.0 Å². The second-order valence-electron chi connectivity index (χ2n) is 5.64. The average molecular weight is 371 g/mol. The molecule has 0 aliphatic carbocycles. The Morgan fingerprint density at radius 2 is 1.92 bits per heavy atom. The molecule has 0 aliphatic rings. The van der Waals surface area contributed by atoms with Crippen molar-refractivity contribution in [2.45, 2.75) is 13.5 Å². The van der Waals surface area contributed by atoms with Gasteiger partial charge in [-0.05, 0) is 42.3 Å². The van der Waals surface area contributed by atoms with Crippen LogP contribution < -0.4 is 10.6 Å². The van der Waals surface area contributed by atoms with E-state index in [1.807, 2.05) is 6.92 Å². The zero-order valence-corrected chi connectivity index (χ0v) is 14.7. The second-order valence-corrected chi connectivity index (χ2v) is 6.04. The molecule has 2 aromatic carbocycles. The fourth-order valence-electron chi connectivity index (χ4n) is 2.30. The monoisotopic (exact) mass is 370 g/mol. The van der Waals surface area contributed by atoms with E-state index in [4.69, 9.17) is 11.6 Å².